The summed E-state index contributed by atoms with van der Waals surface area (Å²) in [6.07, 6.45) is 1.92. The van der Waals surface area contributed by atoms with Gasteiger partial charge in [0.1, 0.15) is 23.8 Å². The van der Waals surface area contributed by atoms with Crippen LogP contribution in [0.2, 0.25) is 0 Å². The fourth-order valence-electron chi connectivity index (χ4n) is 1.78. The highest BCUT2D eigenvalue weighted by atomic mass is 19.1. The number of aromatic nitrogens is 3. The Labute approximate surface area is 104 Å². The van der Waals surface area contributed by atoms with Crippen molar-refractivity contribution in [3.05, 3.63) is 47.5 Å². The van der Waals surface area contributed by atoms with Gasteiger partial charge < -0.3 is 4.57 Å². The lowest BCUT2D eigenvalue weighted by Crippen LogP contribution is -2.23. The maximum Gasteiger partial charge on any atom is 0.137 e. The van der Waals surface area contributed by atoms with Gasteiger partial charge in [0.25, 0.3) is 0 Å². The molecule has 0 amide bonds. The highest BCUT2D eigenvalue weighted by Crippen LogP contribution is 2.19. The van der Waals surface area contributed by atoms with Crippen LogP contribution in [0.3, 0.4) is 0 Å². The summed E-state index contributed by atoms with van der Waals surface area (Å²) < 4.78 is 28.3. The summed E-state index contributed by atoms with van der Waals surface area (Å²) in [6, 6.07) is 3.57. The first-order valence-corrected chi connectivity index (χ1v) is 5.71. The fraction of sp³-hybridized carbons (Fsp3) is 0.385. The maximum absolute atomic E-state index is 13.6. The summed E-state index contributed by atoms with van der Waals surface area (Å²) in [5, 5.41) is 7.84. The van der Waals surface area contributed by atoms with E-state index in [4.69, 9.17) is 0 Å². The third-order valence-corrected chi connectivity index (χ3v) is 2.70. The minimum absolute atomic E-state index is 0.171. The number of hydrogen-bond donors (Lipinski definition) is 0. The average Bonchev–Trinajstić information content (AvgIpc) is 2.70. The molecule has 0 aliphatic heterocycles. The number of hydrogen-bond acceptors (Lipinski definition) is 2. The summed E-state index contributed by atoms with van der Waals surface area (Å²) in [4.78, 5) is 0. The van der Waals surface area contributed by atoms with E-state index in [0.717, 1.165) is 6.07 Å². The van der Waals surface area contributed by atoms with E-state index in [1.807, 2.05) is 25.3 Å². The van der Waals surface area contributed by atoms with Crippen molar-refractivity contribution in [3.8, 4) is 0 Å². The van der Waals surface area contributed by atoms with Crippen LogP contribution in [0.1, 0.15) is 32.2 Å². The van der Waals surface area contributed by atoms with E-state index in [0.29, 0.717) is 17.8 Å². The van der Waals surface area contributed by atoms with E-state index < -0.39 is 11.6 Å². The van der Waals surface area contributed by atoms with Gasteiger partial charge in [0.05, 0.1) is 0 Å². The first-order chi connectivity index (χ1) is 8.38. The van der Waals surface area contributed by atoms with Gasteiger partial charge in [0, 0.05) is 18.0 Å². The van der Waals surface area contributed by atoms with Crippen LogP contribution in [0.25, 0.3) is 0 Å². The predicted molar refractivity (Wildman–Crippen MR) is 64.2 cm³/mol. The van der Waals surface area contributed by atoms with Crippen molar-refractivity contribution in [1.82, 2.24) is 14.8 Å². The molecule has 5 heteroatoms. The summed E-state index contributed by atoms with van der Waals surface area (Å²) >= 11 is 0. The van der Waals surface area contributed by atoms with Gasteiger partial charge in [0.15, 0.2) is 0 Å². The molecular weight excluding hydrogens is 236 g/mol. The van der Waals surface area contributed by atoms with Crippen molar-refractivity contribution in [2.75, 3.05) is 0 Å². The standard InChI is InChI=1S/C13H15F2N3/c1-13(2,3)18-8-16-17-12(18)6-9-4-5-10(14)7-11(9)15/h4-5,7-8H,6H2,1-3H3. The molecule has 18 heavy (non-hydrogen) atoms. The molecule has 0 radical (unpaired) electrons. The molecule has 3 nitrogen and oxygen atoms in total. The summed E-state index contributed by atoms with van der Waals surface area (Å²) in [5.74, 6) is -0.472. The Bertz CT molecular complexity index is 556. The Hall–Kier alpha value is -1.78. The van der Waals surface area contributed by atoms with Crippen LogP contribution in [0.5, 0.6) is 0 Å². The van der Waals surface area contributed by atoms with E-state index in [1.165, 1.54) is 12.1 Å². The third-order valence-electron chi connectivity index (χ3n) is 2.70. The zero-order valence-corrected chi connectivity index (χ0v) is 10.6. The van der Waals surface area contributed by atoms with E-state index in [9.17, 15) is 8.78 Å². The molecule has 0 bridgehead atoms. The summed E-state index contributed by atoms with van der Waals surface area (Å²) in [5.41, 5.74) is 0.241. The zero-order chi connectivity index (χ0) is 13.3. The molecule has 96 valence electrons. The van der Waals surface area contributed by atoms with E-state index >= 15 is 0 Å². The maximum atomic E-state index is 13.6. The van der Waals surface area contributed by atoms with Crippen molar-refractivity contribution in [3.63, 3.8) is 0 Å². The first kappa shape index (κ1) is 12.7. The molecule has 2 aromatic rings. The topological polar surface area (TPSA) is 30.7 Å². The predicted octanol–water partition coefficient (Wildman–Crippen LogP) is 2.90. The van der Waals surface area contributed by atoms with Crippen LogP contribution in [0.15, 0.2) is 24.5 Å². The molecule has 0 atom stereocenters. The van der Waals surface area contributed by atoms with Crippen LogP contribution in [0.4, 0.5) is 8.78 Å². The van der Waals surface area contributed by atoms with Gasteiger partial charge in [-0.15, -0.1) is 10.2 Å². The second kappa shape index (κ2) is 4.48. The largest absolute Gasteiger partial charge is 0.312 e. The van der Waals surface area contributed by atoms with Gasteiger partial charge >= 0.3 is 0 Å². The van der Waals surface area contributed by atoms with Gasteiger partial charge in [-0.2, -0.15) is 0 Å². The van der Waals surface area contributed by atoms with Crippen LogP contribution in [0, 0.1) is 11.6 Å². The fourth-order valence-corrected chi connectivity index (χ4v) is 1.78. The smallest absolute Gasteiger partial charge is 0.137 e. The van der Waals surface area contributed by atoms with Crippen molar-refractivity contribution in [2.24, 2.45) is 0 Å². The lowest BCUT2D eigenvalue weighted by atomic mass is 10.1. The molecule has 0 saturated carbocycles. The number of halogens is 2. The Morgan fingerprint density at radius 3 is 2.56 bits per heavy atom. The molecule has 2 rings (SSSR count). The molecule has 0 aliphatic rings. The van der Waals surface area contributed by atoms with Gasteiger partial charge in [-0.1, -0.05) is 6.07 Å². The summed E-state index contributed by atoms with van der Waals surface area (Å²) in [7, 11) is 0. The minimum Gasteiger partial charge on any atom is -0.312 e. The second-order valence-electron chi connectivity index (χ2n) is 5.20. The second-order valence-corrected chi connectivity index (χ2v) is 5.20. The van der Waals surface area contributed by atoms with Gasteiger partial charge in [-0.25, -0.2) is 8.78 Å². The molecule has 0 aliphatic carbocycles. The lowest BCUT2D eigenvalue weighted by molar-refractivity contribution is 0.383. The van der Waals surface area contributed by atoms with Crippen molar-refractivity contribution in [2.45, 2.75) is 32.7 Å². The molecule has 1 heterocycles. The van der Waals surface area contributed by atoms with Crippen molar-refractivity contribution >= 4 is 0 Å². The first-order valence-electron chi connectivity index (χ1n) is 5.71. The van der Waals surface area contributed by atoms with Crippen LogP contribution in [-0.4, -0.2) is 14.8 Å². The highest BCUT2D eigenvalue weighted by Gasteiger charge is 2.18. The molecule has 0 spiro atoms. The number of benzene rings is 1. The highest BCUT2D eigenvalue weighted by molar-refractivity contribution is 5.22. The zero-order valence-electron chi connectivity index (χ0n) is 10.6. The molecule has 1 aromatic carbocycles. The van der Waals surface area contributed by atoms with Gasteiger partial charge in [-0.05, 0) is 32.4 Å². The van der Waals surface area contributed by atoms with Crippen LogP contribution < -0.4 is 0 Å². The molecule has 0 unspecified atom stereocenters. The Balaban J connectivity index is 2.32. The molecular formula is C13H15F2N3. The third kappa shape index (κ3) is 2.55. The average molecular weight is 251 g/mol. The molecule has 0 fully saturated rings. The van der Waals surface area contributed by atoms with Crippen LogP contribution in [-0.2, 0) is 12.0 Å². The van der Waals surface area contributed by atoms with Crippen molar-refractivity contribution in [1.29, 1.82) is 0 Å². The van der Waals surface area contributed by atoms with E-state index in [2.05, 4.69) is 10.2 Å². The van der Waals surface area contributed by atoms with Crippen LogP contribution >= 0.6 is 0 Å². The van der Waals surface area contributed by atoms with E-state index in [1.54, 1.807) is 6.33 Å². The Morgan fingerprint density at radius 1 is 1.22 bits per heavy atom. The molecule has 1 aromatic heterocycles. The molecule has 0 saturated heterocycles. The molecule has 0 N–H and O–H groups in total. The Kier molecular flexibility index (Phi) is 3.15. The Morgan fingerprint density at radius 2 is 1.94 bits per heavy atom. The quantitative estimate of drug-likeness (QED) is 0.821. The SMILES string of the molecule is CC(C)(C)n1cnnc1Cc1ccc(F)cc1F. The monoisotopic (exact) mass is 251 g/mol. The summed E-state index contributed by atoms with van der Waals surface area (Å²) in [6.45, 7) is 6.04. The number of rotatable bonds is 2. The lowest BCUT2D eigenvalue weighted by Gasteiger charge is -2.22. The van der Waals surface area contributed by atoms with Gasteiger partial charge in [-0.3, -0.25) is 0 Å². The minimum atomic E-state index is -0.575. The number of nitrogens with zero attached hydrogens (tertiary/aromatic N) is 3. The van der Waals surface area contributed by atoms with E-state index in [-0.39, 0.29) is 5.54 Å². The van der Waals surface area contributed by atoms with Crippen molar-refractivity contribution < 1.29 is 8.78 Å². The van der Waals surface area contributed by atoms with Gasteiger partial charge in [0.2, 0.25) is 0 Å². The normalized spacial score (nSPS) is 11.8.